The molecular weight excluding hydrogens is 216 g/mol. The zero-order chi connectivity index (χ0) is 11.4. The third kappa shape index (κ3) is 2.80. The smallest absolute Gasteiger partial charge is 0.130 e. The Morgan fingerprint density at radius 3 is 2.50 bits per heavy atom. The number of rotatable bonds is 4. The summed E-state index contributed by atoms with van der Waals surface area (Å²) < 4.78 is 0. The van der Waals surface area contributed by atoms with Crippen LogP contribution in [0.15, 0.2) is 41.8 Å². The maximum atomic E-state index is 10.9. The summed E-state index contributed by atoms with van der Waals surface area (Å²) >= 11 is 1.75. The Hall–Kier alpha value is -1.41. The van der Waals surface area contributed by atoms with E-state index in [0.29, 0.717) is 6.42 Å². The van der Waals surface area contributed by atoms with Crippen molar-refractivity contribution in [2.45, 2.75) is 19.8 Å². The average Bonchev–Trinajstić information content (AvgIpc) is 2.80. The molecule has 1 aromatic carbocycles. The quantitative estimate of drug-likeness (QED) is 0.777. The predicted octanol–water partition coefficient (Wildman–Crippen LogP) is 3.94. The second kappa shape index (κ2) is 5.08. The van der Waals surface area contributed by atoms with Crippen LogP contribution in [0.25, 0.3) is 10.4 Å². The Bertz CT molecular complexity index is 454. The fourth-order valence-corrected chi connectivity index (χ4v) is 2.33. The van der Waals surface area contributed by atoms with Gasteiger partial charge >= 0.3 is 0 Å². The molecule has 1 heterocycles. The first kappa shape index (κ1) is 11.1. The molecule has 2 rings (SSSR count). The van der Waals surface area contributed by atoms with Crippen molar-refractivity contribution in [2.75, 3.05) is 0 Å². The molecular formula is C14H14OS. The first-order valence-corrected chi connectivity index (χ1v) is 6.26. The molecule has 0 N–H and O–H groups in total. The molecule has 0 aliphatic heterocycles. The highest BCUT2D eigenvalue weighted by Gasteiger charge is 2.00. The molecule has 0 aliphatic rings. The Morgan fingerprint density at radius 1 is 1.19 bits per heavy atom. The third-order valence-electron chi connectivity index (χ3n) is 2.53. The van der Waals surface area contributed by atoms with Crippen LogP contribution in [0.1, 0.15) is 18.9 Å². The molecule has 2 aromatic rings. The number of Topliss-reactive ketones (excluding diaryl/α,β-unsaturated/α-hetero) is 1. The summed E-state index contributed by atoms with van der Waals surface area (Å²) in [6.07, 6.45) is 1.48. The minimum atomic E-state index is 0.252. The van der Waals surface area contributed by atoms with Crippen LogP contribution >= 0.6 is 11.3 Å². The zero-order valence-electron chi connectivity index (χ0n) is 9.27. The highest BCUT2D eigenvalue weighted by molar-refractivity contribution is 7.13. The summed E-state index contributed by atoms with van der Waals surface area (Å²) in [4.78, 5) is 12.2. The van der Waals surface area contributed by atoms with Gasteiger partial charge in [-0.25, -0.2) is 0 Å². The van der Waals surface area contributed by atoms with Crippen molar-refractivity contribution < 1.29 is 4.79 Å². The highest BCUT2D eigenvalue weighted by Crippen LogP contribution is 2.24. The van der Waals surface area contributed by atoms with E-state index < -0.39 is 0 Å². The molecule has 1 nitrogen and oxygen atoms in total. The minimum absolute atomic E-state index is 0.252. The number of ketones is 1. The van der Waals surface area contributed by atoms with Gasteiger partial charge in [-0.15, -0.1) is 11.3 Å². The van der Waals surface area contributed by atoms with Crippen LogP contribution in [0, 0.1) is 0 Å². The van der Waals surface area contributed by atoms with E-state index in [1.807, 2.05) is 0 Å². The van der Waals surface area contributed by atoms with Gasteiger partial charge in [-0.1, -0.05) is 30.3 Å². The number of carbonyl (C=O) groups is 1. The Labute approximate surface area is 99.8 Å². The van der Waals surface area contributed by atoms with Crippen LogP contribution in [0.2, 0.25) is 0 Å². The van der Waals surface area contributed by atoms with E-state index in [1.54, 1.807) is 18.3 Å². The topological polar surface area (TPSA) is 17.1 Å². The molecule has 0 saturated carbocycles. The predicted molar refractivity (Wildman–Crippen MR) is 68.8 cm³/mol. The number of benzene rings is 1. The maximum absolute atomic E-state index is 10.9. The summed E-state index contributed by atoms with van der Waals surface area (Å²) in [5.74, 6) is 0.252. The van der Waals surface area contributed by atoms with E-state index >= 15 is 0 Å². The summed E-state index contributed by atoms with van der Waals surface area (Å²) in [5, 5.41) is 2.08. The molecule has 1 aromatic heterocycles. The maximum Gasteiger partial charge on any atom is 0.130 e. The van der Waals surface area contributed by atoms with Gasteiger partial charge in [0.15, 0.2) is 0 Å². The number of hydrogen-bond donors (Lipinski definition) is 0. The SMILES string of the molecule is CC(=O)CCc1ccc(-c2cccs2)cc1. The largest absolute Gasteiger partial charge is 0.300 e. The minimum Gasteiger partial charge on any atom is -0.300 e. The lowest BCUT2D eigenvalue weighted by Crippen LogP contribution is -1.93. The van der Waals surface area contributed by atoms with Gasteiger partial charge in [0.1, 0.15) is 5.78 Å². The van der Waals surface area contributed by atoms with Crippen LogP contribution in [0.3, 0.4) is 0 Å². The highest BCUT2D eigenvalue weighted by atomic mass is 32.1. The first-order valence-electron chi connectivity index (χ1n) is 5.38. The van der Waals surface area contributed by atoms with Gasteiger partial charge in [-0.2, -0.15) is 0 Å². The van der Waals surface area contributed by atoms with E-state index in [-0.39, 0.29) is 5.78 Å². The van der Waals surface area contributed by atoms with E-state index in [1.165, 1.54) is 16.0 Å². The van der Waals surface area contributed by atoms with Gasteiger partial charge in [0.05, 0.1) is 0 Å². The van der Waals surface area contributed by atoms with Crippen molar-refractivity contribution in [3.8, 4) is 10.4 Å². The van der Waals surface area contributed by atoms with Gasteiger partial charge in [0, 0.05) is 11.3 Å². The molecule has 0 fully saturated rings. The van der Waals surface area contributed by atoms with Crippen LogP contribution in [0.4, 0.5) is 0 Å². The second-order valence-corrected chi connectivity index (χ2v) is 4.82. The molecule has 0 atom stereocenters. The summed E-state index contributed by atoms with van der Waals surface area (Å²) in [6, 6.07) is 12.7. The molecule has 16 heavy (non-hydrogen) atoms. The van der Waals surface area contributed by atoms with Crippen molar-refractivity contribution in [2.24, 2.45) is 0 Å². The van der Waals surface area contributed by atoms with Crippen molar-refractivity contribution >= 4 is 17.1 Å². The molecule has 82 valence electrons. The van der Waals surface area contributed by atoms with E-state index in [2.05, 4.69) is 41.8 Å². The van der Waals surface area contributed by atoms with Crippen molar-refractivity contribution in [1.82, 2.24) is 0 Å². The van der Waals surface area contributed by atoms with Crippen LogP contribution in [-0.4, -0.2) is 5.78 Å². The fraction of sp³-hybridized carbons (Fsp3) is 0.214. The molecule has 0 unspecified atom stereocenters. The van der Waals surface area contributed by atoms with Crippen LogP contribution in [0.5, 0.6) is 0 Å². The van der Waals surface area contributed by atoms with E-state index in [0.717, 1.165) is 6.42 Å². The second-order valence-electron chi connectivity index (χ2n) is 3.88. The number of thiophene rings is 1. The Balaban J connectivity index is 2.08. The first-order chi connectivity index (χ1) is 7.75. The van der Waals surface area contributed by atoms with Gasteiger partial charge in [0.25, 0.3) is 0 Å². The molecule has 2 heteroatoms. The lowest BCUT2D eigenvalue weighted by Gasteiger charge is -2.01. The summed E-state index contributed by atoms with van der Waals surface area (Å²) in [6.45, 7) is 1.64. The van der Waals surface area contributed by atoms with Gasteiger partial charge < -0.3 is 4.79 Å². The van der Waals surface area contributed by atoms with Crippen molar-refractivity contribution in [1.29, 1.82) is 0 Å². The van der Waals surface area contributed by atoms with Crippen molar-refractivity contribution in [3.63, 3.8) is 0 Å². The standard InChI is InChI=1S/C14H14OS/c1-11(15)4-5-12-6-8-13(9-7-12)14-3-2-10-16-14/h2-3,6-10H,4-5H2,1H3. The van der Waals surface area contributed by atoms with E-state index in [9.17, 15) is 4.79 Å². The summed E-state index contributed by atoms with van der Waals surface area (Å²) in [7, 11) is 0. The third-order valence-corrected chi connectivity index (χ3v) is 3.44. The molecule has 0 spiro atoms. The molecule has 0 bridgehead atoms. The molecule has 0 radical (unpaired) electrons. The number of carbonyl (C=O) groups excluding carboxylic acids is 1. The molecule has 0 saturated heterocycles. The van der Waals surface area contributed by atoms with Crippen LogP contribution in [-0.2, 0) is 11.2 Å². The van der Waals surface area contributed by atoms with Gasteiger partial charge in [-0.05, 0) is 35.9 Å². The number of aryl methyl sites for hydroxylation is 1. The lowest BCUT2D eigenvalue weighted by molar-refractivity contribution is -0.116. The monoisotopic (exact) mass is 230 g/mol. The number of hydrogen-bond acceptors (Lipinski definition) is 2. The van der Waals surface area contributed by atoms with Crippen molar-refractivity contribution in [3.05, 3.63) is 47.3 Å². The van der Waals surface area contributed by atoms with Crippen LogP contribution < -0.4 is 0 Å². The lowest BCUT2D eigenvalue weighted by atomic mass is 10.1. The molecule has 0 amide bonds. The fourth-order valence-electron chi connectivity index (χ4n) is 1.60. The van der Waals surface area contributed by atoms with Gasteiger partial charge in [0.2, 0.25) is 0 Å². The molecule has 0 aliphatic carbocycles. The average molecular weight is 230 g/mol. The summed E-state index contributed by atoms with van der Waals surface area (Å²) in [5.41, 5.74) is 2.48. The van der Waals surface area contributed by atoms with E-state index in [4.69, 9.17) is 0 Å². The van der Waals surface area contributed by atoms with Gasteiger partial charge in [-0.3, -0.25) is 0 Å². The zero-order valence-corrected chi connectivity index (χ0v) is 10.1. The Morgan fingerprint density at radius 2 is 1.94 bits per heavy atom. The normalized spacial score (nSPS) is 10.3. The Kier molecular flexibility index (Phi) is 3.52.